The number of unbranched alkanes of at least 4 members (excludes halogenated alkanes) is 4. The maximum absolute atomic E-state index is 15.2. The number of anilines is 1. The third-order valence-electron chi connectivity index (χ3n) is 13.4. The molecular formula is C55H83N7O5. The van der Waals surface area contributed by atoms with E-state index < -0.39 is 22.9 Å². The predicted octanol–water partition coefficient (Wildman–Crippen LogP) is 13.3. The first kappa shape index (κ1) is 56.0. The molecule has 3 aromatic rings. The van der Waals surface area contributed by atoms with Crippen molar-refractivity contribution in [1.82, 2.24) is 14.4 Å². The van der Waals surface area contributed by atoms with Crippen molar-refractivity contribution in [3.05, 3.63) is 81.1 Å². The normalized spacial score (nSPS) is 13.2. The van der Waals surface area contributed by atoms with E-state index in [-0.39, 0.29) is 34.4 Å². The number of aromatic hydroxyl groups is 1. The summed E-state index contributed by atoms with van der Waals surface area (Å²) >= 11 is 0. The van der Waals surface area contributed by atoms with E-state index in [9.17, 15) is 20.0 Å². The molecule has 2 aromatic carbocycles. The predicted molar refractivity (Wildman–Crippen MR) is 273 cm³/mol. The summed E-state index contributed by atoms with van der Waals surface area (Å²) in [5.41, 5.74) is -0.807. The summed E-state index contributed by atoms with van der Waals surface area (Å²) < 4.78 is 0.538. The topological polar surface area (TPSA) is 152 Å². The summed E-state index contributed by atoms with van der Waals surface area (Å²) in [6, 6.07) is 14.9. The molecule has 1 aromatic heterocycles. The maximum atomic E-state index is 15.2. The van der Waals surface area contributed by atoms with Gasteiger partial charge < -0.3 is 19.8 Å². The molecule has 12 nitrogen and oxygen atoms in total. The van der Waals surface area contributed by atoms with E-state index in [2.05, 4.69) is 65.6 Å². The summed E-state index contributed by atoms with van der Waals surface area (Å²) in [6.45, 7) is 19.9. The lowest BCUT2D eigenvalue weighted by molar-refractivity contribution is 0.0682. The molecule has 1 N–H and O–H groups in total. The van der Waals surface area contributed by atoms with Crippen LogP contribution in [0.1, 0.15) is 195 Å². The minimum atomic E-state index is -1.00. The number of carbonyl (C=O) groups excluding carboxylic acids is 3. The van der Waals surface area contributed by atoms with Crippen molar-refractivity contribution in [2.45, 2.75) is 158 Å². The first-order valence-electron chi connectivity index (χ1n) is 25.6. The highest BCUT2D eigenvalue weighted by Crippen LogP contribution is 2.39. The van der Waals surface area contributed by atoms with E-state index in [1.54, 1.807) is 50.5 Å². The van der Waals surface area contributed by atoms with Gasteiger partial charge in [0.2, 0.25) is 5.88 Å². The molecule has 3 rings (SSSR count). The molecular weight excluding hydrogens is 839 g/mol. The van der Waals surface area contributed by atoms with Crippen LogP contribution in [-0.4, -0.2) is 77.5 Å². The number of hydrogen-bond donors (Lipinski definition) is 1. The Bertz CT molecular complexity index is 2040. The van der Waals surface area contributed by atoms with Crippen molar-refractivity contribution in [1.29, 1.82) is 5.26 Å². The Labute approximate surface area is 402 Å². The first-order valence-corrected chi connectivity index (χ1v) is 25.6. The number of carbonyl (C=O) groups is 3. The van der Waals surface area contributed by atoms with Crippen molar-refractivity contribution in [2.75, 3.05) is 45.2 Å². The summed E-state index contributed by atoms with van der Waals surface area (Å²) in [5.74, 6) is -0.759. The second-order valence-electron chi connectivity index (χ2n) is 18.8. The van der Waals surface area contributed by atoms with Crippen LogP contribution >= 0.6 is 0 Å². The number of aromatic nitrogens is 1. The van der Waals surface area contributed by atoms with Gasteiger partial charge in [0, 0.05) is 57.0 Å². The molecule has 0 saturated carbocycles. The number of pyridine rings is 1. The molecule has 368 valence electrons. The van der Waals surface area contributed by atoms with Crippen molar-refractivity contribution in [3.63, 3.8) is 0 Å². The third-order valence-corrected chi connectivity index (χ3v) is 13.4. The highest BCUT2D eigenvalue weighted by molar-refractivity contribution is 6.01. The molecule has 12 heteroatoms. The van der Waals surface area contributed by atoms with Gasteiger partial charge in [-0.15, -0.1) is 5.11 Å². The van der Waals surface area contributed by atoms with Crippen LogP contribution < -0.4 is 10.5 Å². The lowest BCUT2D eigenvalue weighted by Gasteiger charge is -2.32. The Kier molecular flexibility index (Phi) is 24.6. The lowest BCUT2D eigenvalue weighted by atomic mass is 9.94. The Hall–Kier alpha value is -5.31. The zero-order valence-electron chi connectivity index (χ0n) is 42.8. The van der Waals surface area contributed by atoms with Crippen LogP contribution in [0.3, 0.4) is 0 Å². The zero-order valence-corrected chi connectivity index (χ0v) is 42.8. The molecule has 0 aliphatic rings. The molecule has 0 fully saturated rings. The number of nitrogens with zero attached hydrogens (tertiary/aromatic N) is 7. The van der Waals surface area contributed by atoms with Gasteiger partial charge in [0.1, 0.15) is 11.6 Å². The molecule has 2 amide bonds. The van der Waals surface area contributed by atoms with Crippen LogP contribution in [0.15, 0.2) is 63.6 Å². The summed E-state index contributed by atoms with van der Waals surface area (Å²) in [4.78, 5) is 63.4. The highest BCUT2D eigenvalue weighted by atomic mass is 16.3. The van der Waals surface area contributed by atoms with Crippen LogP contribution in [0.4, 0.5) is 17.1 Å². The summed E-state index contributed by atoms with van der Waals surface area (Å²) in [5, 5.41) is 31.1. The van der Waals surface area contributed by atoms with Gasteiger partial charge in [-0.05, 0) is 79.7 Å². The van der Waals surface area contributed by atoms with Gasteiger partial charge in [0.05, 0.1) is 11.4 Å². The third kappa shape index (κ3) is 16.2. The number of azo groups is 1. The Morgan fingerprint density at radius 3 is 1.37 bits per heavy atom. The second-order valence-corrected chi connectivity index (χ2v) is 18.8. The number of hydrogen-bond acceptors (Lipinski definition) is 9. The van der Waals surface area contributed by atoms with E-state index in [4.69, 9.17) is 0 Å². The fraction of sp³-hybridized carbons (Fsp3) is 0.618. The number of nitriles is 1. The molecule has 1 heterocycles. The largest absolute Gasteiger partial charge is 0.492 e. The molecule has 4 unspecified atom stereocenters. The quantitative estimate of drug-likeness (QED) is 0.0653. The SMILES string of the molecule is CCCCC(CC)CN(CC(CC)CCCC)C(=O)c1cc(/N=N/c2c(N(C)C)c(C#N)c(=O)n(C(=O)c3ccccc3)c2O)cc(C(=O)N(CC(CC)CCCC)CC(CC)CCCC)c1. The number of benzene rings is 2. The van der Waals surface area contributed by atoms with Crippen molar-refractivity contribution >= 4 is 34.8 Å². The molecule has 0 aliphatic carbocycles. The summed E-state index contributed by atoms with van der Waals surface area (Å²) in [6.07, 6.45) is 16.4. The van der Waals surface area contributed by atoms with Crippen LogP contribution in [0.25, 0.3) is 0 Å². The average Bonchev–Trinajstić information content (AvgIpc) is 3.34. The maximum Gasteiger partial charge on any atom is 0.280 e. The van der Waals surface area contributed by atoms with E-state index in [0.29, 0.717) is 65.5 Å². The van der Waals surface area contributed by atoms with Gasteiger partial charge >= 0.3 is 0 Å². The van der Waals surface area contributed by atoms with Crippen molar-refractivity contribution in [2.24, 2.45) is 33.9 Å². The summed E-state index contributed by atoms with van der Waals surface area (Å²) in [7, 11) is 3.19. The molecule has 4 atom stereocenters. The van der Waals surface area contributed by atoms with Crippen LogP contribution in [-0.2, 0) is 0 Å². The van der Waals surface area contributed by atoms with E-state index >= 15 is 9.59 Å². The van der Waals surface area contributed by atoms with Crippen molar-refractivity contribution < 1.29 is 19.5 Å². The van der Waals surface area contributed by atoms with E-state index in [1.165, 1.54) is 17.0 Å². The Morgan fingerprint density at radius 1 is 0.627 bits per heavy atom. The smallest absolute Gasteiger partial charge is 0.280 e. The highest BCUT2D eigenvalue weighted by Gasteiger charge is 2.29. The molecule has 0 aliphatic heterocycles. The van der Waals surface area contributed by atoms with Gasteiger partial charge in [-0.1, -0.05) is 151 Å². The minimum Gasteiger partial charge on any atom is -0.492 e. The standard InChI is InChI=1S/C55H83N7O5/c1-11-19-26-40(15-5)36-60(37-41(16-6)27-20-12-2)51(63)45-32-46(52(64)61(38-42(17-7)28-21-13-3)39-43(18-8)29-22-14-4)34-47(33-45)57-58-49-50(59(9)10)48(35-56)54(66)62(55(49)67)53(65)44-30-24-23-25-31-44/h23-25,30-34,40-43,67H,11-22,26-29,36-39H2,1-10H3/b58-57+. The van der Waals surface area contributed by atoms with Gasteiger partial charge in [-0.2, -0.15) is 10.4 Å². The number of rotatable bonds is 30. The van der Waals surface area contributed by atoms with E-state index in [0.717, 1.165) is 103 Å². The van der Waals surface area contributed by atoms with Gasteiger partial charge in [-0.3, -0.25) is 19.2 Å². The van der Waals surface area contributed by atoms with E-state index in [1.807, 2.05) is 15.9 Å². The number of amides is 2. The molecule has 67 heavy (non-hydrogen) atoms. The molecule has 0 radical (unpaired) electrons. The van der Waals surface area contributed by atoms with Gasteiger partial charge in [-0.25, -0.2) is 4.57 Å². The Balaban J connectivity index is 2.39. The van der Waals surface area contributed by atoms with Gasteiger partial charge in [0.15, 0.2) is 5.69 Å². The first-order chi connectivity index (χ1) is 32.3. The average molecular weight is 922 g/mol. The van der Waals surface area contributed by atoms with Crippen LogP contribution in [0.2, 0.25) is 0 Å². The fourth-order valence-electron chi connectivity index (χ4n) is 8.95. The Morgan fingerprint density at radius 2 is 1.03 bits per heavy atom. The molecule has 0 saturated heterocycles. The minimum absolute atomic E-state index is 0.0301. The second kappa shape index (κ2) is 29.4. The lowest BCUT2D eigenvalue weighted by Crippen LogP contribution is -2.40. The fourth-order valence-corrected chi connectivity index (χ4v) is 8.95. The monoisotopic (exact) mass is 922 g/mol. The van der Waals surface area contributed by atoms with Crippen molar-refractivity contribution in [3.8, 4) is 11.9 Å². The molecule has 0 spiro atoms. The van der Waals surface area contributed by atoms with Crippen LogP contribution in [0.5, 0.6) is 5.88 Å². The van der Waals surface area contributed by atoms with Gasteiger partial charge in [0.25, 0.3) is 23.3 Å². The zero-order chi connectivity index (χ0) is 49.5. The van der Waals surface area contributed by atoms with Crippen LogP contribution in [0, 0.1) is 35.0 Å². The molecule has 0 bridgehead atoms.